The van der Waals surface area contributed by atoms with Crippen molar-refractivity contribution in [3.05, 3.63) is 77.4 Å². The SMILES string of the molecule is CCN=C1C=CC(=C/C=C/c2ccc(CNC)cc2)C=C1. The first kappa shape index (κ1) is 15.2. The predicted octanol–water partition coefficient (Wildman–Crippen LogP) is 3.93. The minimum Gasteiger partial charge on any atom is -0.316 e. The molecule has 2 rings (SSSR count). The molecule has 0 atom stereocenters. The van der Waals surface area contributed by atoms with Crippen LogP contribution in [0.2, 0.25) is 0 Å². The van der Waals surface area contributed by atoms with Crippen LogP contribution in [0.3, 0.4) is 0 Å². The maximum Gasteiger partial charge on any atom is 0.0574 e. The monoisotopic (exact) mass is 278 g/mol. The summed E-state index contributed by atoms with van der Waals surface area (Å²) in [5, 5.41) is 3.15. The summed E-state index contributed by atoms with van der Waals surface area (Å²) in [6.07, 6.45) is 14.6. The van der Waals surface area contributed by atoms with Crippen LogP contribution in [-0.4, -0.2) is 19.3 Å². The number of rotatable bonds is 5. The zero-order valence-corrected chi connectivity index (χ0v) is 12.7. The fourth-order valence-corrected chi connectivity index (χ4v) is 2.09. The van der Waals surface area contributed by atoms with Crippen LogP contribution in [0.25, 0.3) is 6.08 Å². The van der Waals surface area contributed by atoms with Crippen molar-refractivity contribution < 1.29 is 0 Å². The third kappa shape index (κ3) is 5.01. The summed E-state index contributed by atoms with van der Waals surface area (Å²) in [4.78, 5) is 4.36. The molecule has 0 spiro atoms. The van der Waals surface area contributed by atoms with Gasteiger partial charge >= 0.3 is 0 Å². The number of nitrogens with one attached hydrogen (secondary N) is 1. The molecule has 1 aromatic rings. The topological polar surface area (TPSA) is 24.4 Å². The van der Waals surface area contributed by atoms with E-state index in [2.05, 4.69) is 77.1 Å². The zero-order valence-electron chi connectivity index (χ0n) is 12.7. The van der Waals surface area contributed by atoms with Crippen LogP contribution < -0.4 is 5.32 Å². The molecule has 0 bridgehead atoms. The molecular formula is C19H22N2. The maximum atomic E-state index is 4.36. The molecule has 1 aromatic carbocycles. The summed E-state index contributed by atoms with van der Waals surface area (Å²) in [6.45, 7) is 3.78. The van der Waals surface area contributed by atoms with Crippen LogP contribution in [0.15, 0.2) is 71.3 Å². The highest BCUT2D eigenvalue weighted by molar-refractivity contribution is 6.05. The number of allylic oxidation sites excluding steroid dienone is 7. The van der Waals surface area contributed by atoms with E-state index in [-0.39, 0.29) is 0 Å². The number of nitrogens with zero attached hydrogens (tertiary/aromatic N) is 1. The quantitative estimate of drug-likeness (QED) is 0.867. The van der Waals surface area contributed by atoms with Crippen molar-refractivity contribution in [1.29, 1.82) is 0 Å². The molecule has 2 nitrogen and oxygen atoms in total. The fraction of sp³-hybridized carbons (Fsp3) is 0.211. The van der Waals surface area contributed by atoms with E-state index < -0.39 is 0 Å². The highest BCUT2D eigenvalue weighted by Gasteiger charge is 1.95. The van der Waals surface area contributed by atoms with Gasteiger partial charge in [0.2, 0.25) is 0 Å². The van der Waals surface area contributed by atoms with Gasteiger partial charge in [-0.25, -0.2) is 0 Å². The number of benzene rings is 1. The van der Waals surface area contributed by atoms with Gasteiger partial charge in [0.15, 0.2) is 0 Å². The first-order valence-electron chi connectivity index (χ1n) is 7.34. The standard InChI is InChI=1S/C19H22N2/c1-3-21-19-13-11-17(12-14-19)6-4-5-16-7-9-18(10-8-16)15-20-2/h4-14,20H,3,15H2,1-2H3/b5-4+,17-6?,21-19?. The molecule has 0 heterocycles. The highest BCUT2D eigenvalue weighted by Crippen LogP contribution is 2.09. The van der Waals surface area contributed by atoms with Gasteiger partial charge in [-0.05, 0) is 42.8 Å². The molecule has 0 aromatic heterocycles. The molecular weight excluding hydrogens is 256 g/mol. The lowest BCUT2D eigenvalue weighted by Gasteiger charge is -2.01. The summed E-state index contributed by atoms with van der Waals surface area (Å²) in [7, 11) is 1.96. The van der Waals surface area contributed by atoms with Crippen molar-refractivity contribution in [3.63, 3.8) is 0 Å². The minimum atomic E-state index is 0.826. The van der Waals surface area contributed by atoms with E-state index in [1.165, 1.54) is 16.7 Å². The molecule has 0 radical (unpaired) electrons. The summed E-state index contributed by atoms with van der Waals surface area (Å²) in [5.41, 5.74) is 4.74. The van der Waals surface area contributed by atoms with Gasteiger partial charge in [-0.1, -0.05) is 54.6 Å². The molecule has 0 saturated heterocycles. The van der Waals surface area contributed by atoms with E-state index in [1.807, 2.05) is 14.0 Å². The van der Waals surface area contributed by atoms with Crippen molar-refractivity contribution in [1.82, 2.24) is 5.32 Å². The summed E-state index contributed by atoms with van der Waals surface area (Å²) >= 11 is 0. The van der Waals surface area contributed by atoms with Gasteiger partial charge in [0.05, 0.1) is 5.71 Å². The van der Waals surface area contributed by atoms with Crippen molar-refractivity contribution in [2.24, 2.45) is 4.99 Å². The minimum absolute atomic E-state index is 0.826. The average molecular weight is 278 g/mol. The van der Waals surface area contributed by atoms with Gasteiger partial charge in [-0.15, -0.1) is 0 Å². The van der Waals surface area contributed by atoms with E-state index >= 15 is 0 Å². The first-order valence-corrected chi connectivity index (χ1v) is 7.34. The Morgan fingerprint density at radius 1 is 1.05 bits per heavy atom. The third-order valence-electron chi connectivity index (χ3n) is 3.17. The van der Waals surface area contributed by atoms with Gasteiger partial charge in [0.25, 0.3) is 0 Å². The lowest BCUT2D eigenvalue weighted by Crippen LogP contribution is -2.04. The smallest absolute Gasteiger partial charge is 0.0574 e. The molecule has 0 aliphatic heterocycles. The van der Waals surface area contributed by atoms with Crippen LogP contribution in [-0.2, 0) is 6.54 Å². The number of hydrogen-bond acceptors (Lipinski definition) is 2. The lowest BCUT2D eigenvalue weighted by atomic mass is 10.1. The Balaban J connectivity index is 1.96. The Hall–Kier alpha value is -2.19. The molecule has 108 valence electrons. The van der Waals surface area contributed by atoms with E-state index in [4.69, 9.17) is 0 Å². The molecule has 1 aliphatic rings. The second kappa shape index (κ2) is 8.18. The number of hydrogen-bond donors (Lipinski definition) is 1. The second-order valence-corrected chi connectivity index (χ2v) is 4.86. The second-order valence-electron chi connectivity index (χ2n) is 4.86. The molecule has 21 heavy (non-hydrogen) atoms. The summed E-state index contributed by atoms with van der Waals surface area (Å²) in [6, 6.07) is 8.58. The fourth-order valence-electron chi connectivity index (χ4n) is 2.09. The van der Waals surface area contributed by atoms with Crippen LogP contribution in [0.5, 0.6) is 0 Å². The molecule has 0 amide bonds. The van der Waals surface area contributed by atoms with Gasteiger partial charge in [-0.2, -0.15) is 0 Å². The maximum absolute atomic E-state index is 4.36. The van der Waals surface area contributed by atoms with Gasteiger partial charge in [-0.3, -0.25) is 4.99 Å². The zero-order chi connectivity index (χ0) is 14.9. The Kier molecular flexibility index (Phi) is 5.92. The highest BCUT2D eigenvalue weighted by atomic mass is 14.8. The first-order chi connectivity index (χ1) is 10.3. The predicted molar refractivity (Wildman–Crippen MR) is 92.6 cm³/mol. The van der Waals surface area contributed by atoms with Crippen LogP contribution in [0, 0.1) is 0 Å². The largest absolute Gasteiger partial charge is 0.316 e. The van der Waals surface area contributed by atoms with Crippen molar-refractivity contribution >= 4 is 11.8 Å². The van der Waals surface area contributed by atoms with Crippen LogP contribution >= 0.6 is 0 Å². The normalized spacial score (nSPS) is 14.0. The Morgan fingerprint density at radius 2 is 1.76 bits per heavy atom. The lowest BCUT2D eigenvalue weighted by molar-refractivity contribution is 0.818. The van der Waals surface area contributed by atoms with Crippen LogP contribution in [0.4, 0.5) is 0 Å². The third-order valence-corrected chi connectivity index (χ3v) is 3.17. The van der Waals surface area contributed by atoms with Gasteiger partial charge < -0.3 is 5.32 Å². The summed E-state index contributed by atoms with van der Waals surface area (Å²) < 4.78 is 0. The molecule has 0 unspecified atom stereocenters. The van der Waals surface area contributed by atoms with Gasteiger partial charge in [0.1, 0.15) is 0 Å². The van der Waals surface area contributed by atoms with E-state index in [0.29, 0.717) is 0 Å². The van der Waals surface area contributed by atoms with Crippen molar-refractivity contribution in [3.8, 4) is 0 Å². The molecule has 0 saturated carbocycles. The van der Waals surface area contributed by atoms with Crippen molar-refractivity contribution in [2.45, 2.75) is 13.5 Å². The summed E-state index contributed by atoms with van der Waals surface area (Å²) in [5.74, 6) is 0. The molecule has 1 N–H and O–H groups in total. The van der Waals surface area contributed by atoms with E-state index in [1.54, 1.807) is 0 Å². The molecule has 1 aliphatic carbocycles. The van der Waals surface area contributed by atoms with E-state index in [0.717, 1.165) is 18.8 Å². The van der Waals surface area contributed by atoms with Crippen molar-refractivity contribution in [2.75, 3.05) is 13.6 Å². The molecule has 2 heteroatoms. The Morgan fingerprint density at radius 3 is 2.38 bits per heavy atom. The average Bonchev–Trinajstić information content (AvgIpc) is 2.51. The van der Waals surface area contributed by atoms with Crippen LogP contribution in [0.1, 0.15) is 18.1 Å². The number of aliphatic imine (C=N–C) groups is 1. The van der Waals surface area contributed by atoms with Gasteiger partial charge in [0, 0.05) is 13.1 Å². The Bertz CT molecular complexity index is 581. The molecule has 0 fully saturated rings. The Labute approximate surface area is 127 Å². The van der Waals surface area contributed by atoms with E-state index in [9.17, 15) is 0 Å².